The highest BCUT2D eigenvalue weighted by Gasteiger charge is 2.28. The molecule has 1 atom stereocenters. The molecule has 2 aliphatic heterocycles. The van der Waals surface area contributed by atoms with Crippen LogP contribution in [0.3, 0.4) is 0 Å². The summed E-state index contributed by atoms with van der Waals surface area (Å²) in [5.74, 6) is 0.932. The molecule has 9 nitrogen and oxygen atoms in total. The third kappa shape index (κ3) is 5.96. The van der Waals surface area contributed by atoms with Crippen LogP contribution in [0.15, 0.2) is 67.0 Å². The van der Waals surface area contributed by atoms with E-state index in [2.05, 4.69) is 64.3 Å². The van der Waals surface area contributed by atoms with E-state index in [4.69, 9.17) is 14.8 Å². The number of aryl methyl sites for hydroxylation is 1. The average molecular weight is 552 g/mol. The summed E-state index contributed by atoms with van der Waals surface area (Å²) in [5.41, 5.74) is 8.68. The number of urea groups is 1. The summed E-state index contributed by atoms with van der Waals surface area (Å²) in [7, 11) is 0. The fourth-order valence-electron chi connectivity index (χ4n) is 5.61. The summed E-state index contributed by atoms with van der Waals surface area (Å²) >= 11 is 0. The van der Waals surface area contributed by atoms with E-state index in [1.165, 1.54) is 16.7 Å². The number of morpholine rings is 1. The monoisotopic (exact) mass is 551 g/mol. The molecule has 3 N–H and O–H groups in total. The van der Waals surface area contributed by atoms with E-state index >= 15 is 0 Å². The first-order valence-electron chi connectivity index (χ1n) is 14.5. The minimum absolute atomic E-state index is 0.167. The summed E-state index contributed by atoms with van der Waals surface area (Å²) in [6, 6.07) is 18.9. The first-order valence-corrected chi connectivity index (χ1v) is 14.5. The van der Waals surface area contributed by atoms with Gasteiger partial charge in [0.1, 0.15) is 11.5 Å². The van der Waals surface area contributed by atoms with Crippen LogP contribution in [0.1, 0.15) is 36.6 Å². The molecule has 6 rings (SSSR count). The van der Waals surface area contributed by atoms with Crippen molar-refractivity contribution in [3.8, 4) is 22.4 Å². The highest BCUT2D eigenvalue weighted by Crippen LogP contribution is 2.41. The molecule has 1 unspecified atom stereocenters. The van der Waals surface area contributed by atoms with Gasteiger partial charge in [-0.2, -0.15) is 5.10 Å². The van der Waals surface area contributed by atoms with Crippen LogP contribution >= 0.6 is 0 Å². The van der Waals surface area contributed by atoms with Crippen LogP contribution in [0.5, 0.6) is 0 Å². The van der Waals surface area contributed by atoms with Gasteiger partial charge in [-0.3, -0.25) is 9.58 Å². The smallest absolute Gasteiger partial charge is 0.319 e. The predicted molar refractivity (Wildman–Crippen MR) is 162 cm³/mol. The van der Waals surface area contributed by atoms with E-state index in [1.807, 2.05) is 42.1 Å². The fourth-order valence-corrected chi connectivity index (χ4v) is 5.61. The van der Waals surface area contributed by atoms with Gasteiger partial charge in [0.05, 0.1) is 19.3 Å². The van der Waals surface area contributed by atoms with Gasteiger partial charge in [0.2, 0.25) is 0 Å². The topological polar surface area (TPSA) is 96.3 Å². The van der Waals surface area contributed by atoms with Gasteiger partial charge < -0.3 is 20.7 Å². The van der Waals surface area contributed by atoms with Gasteiger partial charge in [-0.1, -0.05) is 36.4 Å². The van der Waals surface area contributed by atoms with Gasteiger partial charge in [0.25, 0.3) is 0 Å². The molecule has 41 heavy (non-hydrogen) atoms. The Hall–Kier alpha value is -4.21. The van der Waals surface area contributed by atoms with Crippen LogP contribution < -0.4 is 16.0 Å². The highest BCUT2D eigenvalue weighted by molar-refractivity contribution is 5.90. The lowest BCUT2D eigenvalue weighted by molar-refractivity contribution is 0.0342. The van der Waals surface area contributed by atoms with Crippen LogP contribution in [-0.2, 0) is 24.2 Å². The van der Waals surface area contributed by atoms with Crippen molar-refractivity contribution in [2.75, 3.05) is 43.5 Å². The third-order valence-electron chi connectivity index (χ3n) is 7.80. The van der Waals surface area contributed by atoms with Crippen molar-refractivity contribution >= 4 is 17.5 Å². The second-order valence-electron chi connectivity index (χ2n) is 10.5. The third-order valence-corrected chi connectivity index (χ3v) is 7.80. The van der Waals surface area contributed by atoms with E-state index in [0.29, 0.717) is 6.54 Å². The number of ether oxygens (including phenoxy) is 1. The minimum Gasteiger partial charge on any atom is -0.379 e. The van der Waals surface area contributed by atoms with Crippen molar-refractivity contribution in [3.63, 3.8) is 0 Å². The fraction of sp³-hybridized carbons (Fsp3) is 0.344. The standard InChI is InChI=1S/C32H37N7O2/c1-3-33-32(40)35-25-11-9-24(10-12-25)30-28(21-39(4-2)37-30)26-13-14-34-31-27(26)19-29(36-31)23-7-5-22(6-8-23)20-38-15-17-41-18-16-38/h5-14,21,29H,3-4,15-20H2,1-2H3,(H,34,36)(H2,33,35,40). The Labute approximate surface area is 240 Å². The zero-order valence-corrected chi connectivity index (χ0v) is 23.7. The molecule has 2 amide bonds. The molecule has 2 aliphatic rings. The lowest BCUT2D eigenvalue weighted by Crippen LogP contribution is -2.35. The molecule has 2 aromatic heterocycles. The van der Waals surface area contributed by atoms with Crippen LogP contribution in [0, 0.1) is 0 Å². The number of nitrogens with zero attached hydrogens (tertiary/aromatic N) is 4. The maximum atomic E-state index is 11.9. The average Bonchev–Trinajstić information content (AvgIpc) is 3.64. The van der Waals surface area contributed by atoms with E-state index in [1.54, 1.807) is 0 Å². The molecule has 212 valence electrons. The molecular weight excluding hydrogens is 514 g/mol. The molecule has 0 saturated carbocycles. The number of pyridine rings is 1. The molecule has 1 fully saturated rings. The van der Waals surface area contributed by atoms with E-state index < -0.39 is 0 Å². The van der Waals surface area contributed by atoms with Crippen LogP contribution in [0.25, 0.3) is 22.4 Å². The number of carbonyl (C=O) groups is 1. The SMILES string of the molecule is CCNC(=O)Nc1ccc(-c2nn(CC)cc2-c2ccnc3c2CC(c2ccc(CN4CCOCC4)cc2)N3)cc1. The molecule has 9 heteroatoms. The largest absolute Gasteiger partial charge is 0.379 e. The number of anilines is 2. The summed E-state index contributed by atoms with van der Waals surface area (Å²) < 4.78 is 7.46. The molecule has 4 aromatic rings. The molecule has 0 radical (unpaired) electrons. The number of aromatic nitrogens is 3. The normalized spacial score (nSPS) is 16.7. The molecule has 0 spiro atoms. The number of carbonyl (C=O) groups excluding carboxylic acids is 1. The maximum absolute atomic E-state index is 11.9. The van der Waals surface area contributed by atoms with Crippen molar-refractivity contribution < 1.29 is 9.53 Å². The Balaban J connectivity index is 1.23. The van der Waals surface area contributed by atoms with Crippen molar-refractivity contribution in [1.82, 2.24) is 25.0 Å². The van der Waals surface area contributed by atoms with Crippen LogP contribution in [-0.4, -0.2) is 58.5 Å². The Morgan fingerprint density at radius 1 is 1.02 bits per heavy atom. The van der Waals surface area contributed by atoms with Crippen LogP contribution in [0.2, 0.25) is 0 Å². The van der Waals surface area contributed by atoms with Gasteiger partial charge in [-0.25, -0.2) is 9.78 Å². The van der Waals surface area contributed by atoms with E-state index in [-0.39, 0.29) is 12.1 Å². The lowest BCUT2D eigenvalue weighted by atomic mass is 9.95. The number of hydrogen-bond donors (Lipinski definition) is 3. The summed E-state index contributed by atoms with van der Waals surface area (Å²) in [4.78, 5) is 19.1. The van der Waals surface area contributed by atoms with Crippen molar-refractivity contribution in [2.45, 2.75) is 39.4 Å². The minimum atomic E-state index is -0.211. The van der Waals surface area contributed by atoms with Gasteiger partial charge >= 0.3 is 6.03 Å². The molecule has 2 aromatic carbocycles. The number of nitrogens with one attached hydrogen (secondary N) is 3. The Morgan fingerprint density at radius 2 is 1.80 bits per heavy atom. The van der Waals surface area contributed by atoms with E-state index in [0.717, 1.165) is 79.7 Å². The second-order valence-corrected chi connectivity index (χ2v) is 10.5. The number of rotatable bonds is 8. The van der Waals surface area contributed by atoms with Crippen molar-refractivity contribution in [3.05, 3.63) is 83.7 Å². The first kappa shape index (κ1) is 27.0. The maximum Gasteiger partial charge on any atom is 0.319 e. The summed E-state index contributed by atoms with van der Waals surface area (Å²) in [6.45, 7) is 9.91. The van der Waals surface area contributed by atoms with Crippen molar-refractivity contribution in [1.29, 1.82) is 0 Å². The van der Waals surface area contributed by atoms with Crippen LogP contribution in [0.4, 0.5) is 16.3 Å². The highest BCUT2D eigenvalue weighted by atomic mass is 16.5. The van der Waals surface area contributed by atoms with Gasteiger partial charge in [-0.15, -0.1) is 0 Å². The lowest BCUT2D eigenvalue weighted by Gasteiger charge is -2.26. The number of hydrogen-bond acceptors (Lipinski definition) is 6. The predicted octanol–water partition coefficient (Wildman–Crippen LogP) is 5.31. The Morgan fingerprint density at radius 3 is 2.54 bits per heavy atom. The molecular formula is C32H37N7O2. The molecule has 0 bridgehead atoms. The zero-order valence-electron chi connectivity index (χ0n) is 23.7. The van der Waals surface area contributed by atoms with E-state index in [9.17, 15) is 4.79 Å². The van der Waals surface area contributed by atoms with Gasteiger partial charge in [-0.05, 0) is 48.7 Å². The summed E-state index contributed by atoms with van der Waals surface area (Å²) in [6.07, 6.45) is 4.86. The Bertz CT molecular complexity index is 1490. The quantitative estimate of drug-likeness (QED) is 0.275. The Kier molecular flexibility index (Phi) is 7.98. The molecule has 4 heterocycles. The molecule has 0 aliphatic carbocycles. The van der Waals surface area contributed by atoms with Gasteiger partial charge in [0, 0.05) is 73.9 Å². The zero-order chi connectivity index (χ0) is 28.2. The van der Waals surface area contributed by atoms with Gasteiger partial charge in [0.15, 0.2) is 0 Å². The molecule has 1 saturated heterocycles. The summed E-state index contributed by atoms with van der Waals surface area (Å²) in [5, 5.41) is 14.2. The first-order chi connectivity index (χ1) is 20.1. The number of benzene rings is 2. The number of fused-ring (bicyclic) bond motifs is 1. The van der Waals surface area contributed by atoms with Crippen molar-refractivity contribution in [2.24, 2.45) is 0 Å². The second kappa shape index (κ2) is 12.1. The number of amides is 2.